The largest absolute Gasteiger partial charge is 0.492 e. The number of likely N-dealkylation sites (tertiary alicyclic amines) is 2. The smallest absolute Gasteiger partial charge is 0.234 e. The number of nitrogens with zero attached hydrogens (tertiary/aromatic N) is 2. The molecule has 4 rings (SSSR count). The van der Waals surface area contributed by atoms with E-state index in [9.17, 15) is 14.4 Å². The Morgan fingerprint density at radius 1 is 1.00 bits per heavy atom. The molecule has 2 N–H and O–H groups in total. The van der Waals surface area contributed by atoms with Crippen LogP contribution < -0.4 is 15.4 Å². The zero-order valence-corrected chi connectivity index (χ0v) is 20.4. The molecule has 8 heteroatoms. The Morgan fingerprint density at radius 3 is 2.34 bits per heavy atom. The summed E-state index contributed by atoms with van der Waals surface area (Å²) in [6.07, 6.45) is 0.752. The first-order valence-electron chi connectivity index (χ1n) is 12.2. The van der Waals surface area contributed by atoms with Crippen LogP contribution in [0.3, 0.4) is 0 Å². The van der Waals surface area contributed by atoms with E-state index in [0.29, 0.717) is 32.8 Å². The van der Waals surface area contributed by atoms with E-state index in [4.69, 9.17) is 4.74 Å². The standard InChI is InChI=1S/C27H34N4O4/c1-20(32)29-27-18-30(21(2)33)15-13-24(27)26(22-9-5-3-6-10-22)31(19-27)17-25(34)28-14-16-35-23-11-7-4-8-12-23/h3-12,24,26H,13-19H2,1-2H3,(H,28,34)(H,29,32)/t24-,26-,27-/m1/s1. The van der Waals surface area contributed by atoms with Gasteiger partial charge < -0.3 is 20.3 Å². The highest BCUT2D eigenvalue weighted by atomic mass is 16.5. The maximum atomic E-state index is 12.9. The van der Waals surface area contributed by atoms with Gasteiger partial charge in [0.1, 0.15) is 12.4 Å². The molecular weight excluding hydrogens is 444 g/mol. The van der Waals surface area contributed by atoms with Crippen LogP contribution in [0.1, 0.15) is 31.9 Å². The molecule has 186 valence electrons. The van der Waals surface area contributed by atoms with E-state index in [1.807, 2.05) is 48.5 Å². The Labute approximate surface area is 206 Å². The summed E-state index contributed by atoms with van der Waals surface area (Å²) >= 11 is 0. The number of hydrogen-bond acceptors (Lipinski definition) is 5. The normalized spacial score (nSPS) is 23.9. The second-order valence-electron chi connectivity index (χ2n) is 9.45. The number of amides is 3. The van der Waals surface area contributed by atoms with Gasteiger partial charge in [0.25, 0.3) is 0 Å². The van der Waals surface area contributed by atoms with Gasteiger partial charge in [-0.2, -0.15) is 0 Å². The minimum atomic E-state index is -0.604. The lowest BCUT2D eigenvalue weighted by Gasteiger charge is -2.45. The van der Waals surface area contributed by atoms with Gasteiger partial charge in [0.2, 0.25) is 17.7 Å². The first-order chi connectivity index (χ1) is 16.9. The van der Waals surface area contributed by atoms with Gasteiger partial charge in [0.05, 0.1) is 18.6 Å². The van der Waals surface area contributed by atoms with Crippen LogP contribution in [-0.4, -0.2) is 72.4 Å². The number of carbonyl (C=O) groups excluding carboxylic acids is 3. The van der Waals surface area contributed by atoms with Crippen molar-refractivity contribution in [3.05, 3.63) is 66.2 Å². The van der Waals surface area contributed by atoms with Gasteiger partial charge in [-0.3, -0.25) is 19.3 Å². The van der Waals surface area contributed by atoms with Crippen LogP contribution in [0, 0.1) is 5.92 Å². The zero-order valence-electron chi connectivity index (χ0n) is 20.4. The third kappa shape index (κ3) is 5.82. The number of piperidine rings is 1. The van der Waals surface area contributed by atoms with E-state index in [1.54, 1.807) is 11.8 Å². The van der Waals surface area contributed by atoms with E-state index < -0.39 is 5.54 Å². The van der Waals surface area contributed by atoms with Crippen LogP contribution in [-0.2, 0) is 14.4 Å². The van der Waals surface area contributed by atoms with Crippen molar-refractivity contribution in [2.45, 2.75) is 31.8 Å². The van der Waals surface area contributed by atoms with E-state index in [1.165, 1.54) is 6.92 Å². The van der Waals surface area contributed by atoms with Gasteiger partial charge in [-0.25, -0.2) is 0 Å². The molecule has 0 aromatic heterocycles. The Balaban J connectivity index is 1.48. The molecule has 2 aliphatic heterocycles. The molecule has 0 saturated carbocycles. The molecule has 2 aromatic rings. The number of ether oxygens (including phenoxy) is 1. The molecule has 0 radical (unpaired) electrons. The van der Waals surface area contributed by atoms with E-state index in [0.717, 1.165) is 17.7 Å². The summed E-state index contributed by atoms with van der Waals surface area (Å²) in [7, 11) is 0. The Bertz CT molecular complexity index is 1030. The molecule has 2 heterocycles. The number of nitrogens with one attached hydrogen (secondary N) is 2. The molecule has 0 spiro atoms. The number of rotatable bonds is 8. The van der Waals surface area contributed by atoms with Gasteiger partial charge in [-0.05, 0) is 24.1 Å². The molecule has 2 aliphatic rings. The van der Waals surface area contributed by atoms with Crippen LogP contribution in [0.2, 0.25) is 0 Å². The fourth-order valence-electron chi connectivity index (χ4n) is 5.61. The van der Waals surface area contributed by atoms with Crippen LogP contribution in [0.4, 0.5) is 0 Å². The number of carbonyl (C=O) groups is 3. The molecule has 2 saturated heterocycles. The van der Waals surface area contributed by atoms with Crippen molar-refractivity contribution < 1.29 is 19.1 Å². The van der Waals surface area contributed by atoms with Crippen molar-refractivity contribution in [3.8, 4) is 5.75 Å². The SMILES string of the molecule is CC(=O)N[C@@]12CN(C(C)=O)CC[C@@H]1[C@@H](c1ccccc1)N(CC(=O)NCCOc1ccccc1)C2. The number of fused-ring (bicyclic) bond motifs is 1. The average molecular weight is 479 g/mol. The lowest BCUT2D eigenvalue weighted by Crippen LogP contribution is -2.64. The molecular formula is C27H34N4O4. The average Bonchev–Trinajstić information content (AvgIpc) is 3.14. The van der Waals surface area contributed by atoms with Crippen LogP contribution in [0.15, 0.2) is 60.7 Å². The van der Waals surface area contributed by atoms with Gasteiger partial charge in [-0.15, -0.1) is 0 Å². The van der Waals surface area contributed by atoms with Crippen LogP contribution in [0.5, 0.6) is 5.75 Å². The molecule has 2 aromatic carbocycles. The van der Waals surface area contributed by atoms with E-state index >= 15 is 0 Å². The maximum absolute atomic E-state index is 12.9. The van der Waals surface area contributed by atoms with Crippen molar-refractivity contribution in [2.24, 2.45) is 5.92 Å². The summed E-state index contributed by atoms with van der Waals surface area (Å²) in [4.78, 5) is 41.3. The lowest BCUT2D eigenvalue weighted by atomic mass is 9.75. The van der Waals surface area contributed by atoms with Gasteiger partial charge in [0, 0.05) is 45.4 Å². The third-order valence-electron chi connectivity index (χ3n) is 6.95. The number of hydrogen-bond donors (Lipinski definition) is 2. The van der Waals surface area contributed by atoms with Crippen molar-refractivity contribution in [2.75, 3.05) is 39.3 Å². The van der Waals surface area contributed by atoms with Crippen LogP contribution >= 0.6 is 0 Å². The van der Waals surface area contributed by atoms with Gasteiger partial charge >= 0.3 is 0 Å². The second kappa shape index (κ2) is 10.9. The monoisotopic (exact) mass is 478 g/mol. The molecule has 35 heavy (non-hydrogen) atoms. The lowest BCUT2D eigenvalue weighted by molar-refractivity contribution is -0.134. The molecule has 8 nitrogen and oxygen atoms in total. The number of para-hydroxylation sites is 1. The van der Waals surface area contributed by atoms with Crippen LogP contribution in [0.25, 0.3) is 0 Å². The molecule has 3 amide bonds. The van der Waals surface area contributed by atoms with Crippen molar-refractivity contribution >= 4 is 17.7 Å². The van der Waals surface area contributed by atoms with Gasteiger partial charge in [-0.1, -0.05) is 48.5 Å². The highest BCUT2D eigenvalue weighted by Gasteiger charge is 2.56. The predicted molar refractivity (Wildman–Crippen MR) is 133 cm³/mol. The minimum absolute atomic E-state index is 0.000882. The molecule has 3 atom stereocenters. The van der Waals surface area contributed by atoms with E-state index in [-0.39, 0.29) is 36.2 Å². The van der Waals surface area contributed by atoms with Gasteiger partial charge in [0.15, 0.2) is 0 Å². The third-order valence-corrected chi connectivity index (χ3v) is 6.95. The predicted octanol–water partition coefficient (Wildman–Crippen LogP) is 1.98. The van der Waals surface area contributed by atoms with E-state index in [2.05, 4.69) is 27.7 Å². The summed E-state index contributed by atoms with van der Waals surface area (Å²) in [6.45, 7) is 5.63. The fraction of sp³-hybridized carbons (Fsp3) is 0.444. The highest BCUT2D eigenvalue weighted by Crippen LogP contribution is 2.47. The molecule has 0 bridgehead atoms. The first kappa shape index (κ1) is 24.7. The Morgan fingerprint density at radius 2 is 1.69 bits per heavy atom. The highest BCUT2D eigenvalue weighted by molar-refractivity contribution is 5.78. The van der Waals surface area contributed by atoms with Crippen molar-refractivity contribution in [1.29, 1.82) is 0 Å². The topological polar surface area (TPSA) is 91.0 Å². The van der Waals surface area contributed by atoms with Crippen molar-refractivity contribution in [1.82, 2.24) is 20.4 Å². The molecule has 0 unspecified atom stereocenters. The summed E-state index contributed by atoms with van der Waals surface area (Å²) in [5.74, 6) is 0.624. The second-order valence-corrected chi connectivity index (χ2v) is 9.45. The summed E-state index contributed by atoms with van der Waals surface area (Å²) < 4.78 is 5.67. The molecule has 0 aliphatic carbocycles. The van der Waals surface area contributed by atoms with Crippen molar-refractivity contribution in [3.63, 3.8) is 0 Å². The number of benzene rings is 2. The Kier molecular flexibility index (Phi) is 7.70. The quantitative estimate of drug-likeness (QED) is 0.567. The maximum Gasteiger partial charge on any atom is 0.234 e. The first-order valence-corrected chi connectivity index (χ1v) is 12.2. The Hall–Kier alpha value is -3.39. The summed E-state index contributed by atoms with van der Waals surface area (Å²) in [6, 6.07) is 19.6. The zero-order chi connectivity index (χ0) is 24.8. The molecule has 2 fully saturated rings. The minimum Gasteiger partial charge on any atom is -0.492 e. The summed E-state index contributed by atoms with van der Waals surface area (Å²) in [5.41, 5.74) is 0.508. The summed E-state index contributed by atoms with van der Waals surface area (Å²) in [5, 5.41) is 6.15. The fourth-order valence-corrected chi connectivity index (χ4v) is 5.61.